The van der Waals surface area contributed by atoms with E-state index < -0.39 is 5.41 Å². The maximum Gasteiger partial charge on any atom is 0.306 e. The number of rotatable bonds is 10. The Kier molecular flexibility index (Phi) is 8.42. The smallest absolute Gasteiger partial charge is 0.306 e. The zero-order valence-electron chi connectivity index (χ0n) is 18.1. The van der Waals surface area contributed by atoms with Gasteiger partial charge in [-0.2, -0.15) is 0 Å². The Hall–Kier alpha value is -1.76. The van der Waals surface area contributed by atoms with Crippen LogP contribution in [0.3, 0.4) is 0 Å². The summed E-state index contributed by atoms with van der Waals surface area (Å²) in [6.45, 7) is 5.32. The molecular formula is C24H34O6. The van der Waals surface area contributed by atoms with E-state index in [4.69, 9.17) is 18.9 Å². The number of benzene rings is 1. The second-order valence-electron chi connectivity index (χ2n) is 8.58. The molecule has 0 radical (unpaired) electrons. The molecule has 0 bridgehead atoms. The first kappa shape index (κ1) is 22.9. The van der Waals surface area contributed by atoms with Crippen molar-refractivity contribution in [3.63, 3.8) is 0 Å². The maximum atomic E-state index is 12.3. The van der Waals surface area contributed by atoms with E-state index in [0.717, 1.165) is 31.1 Å². The molecule has 1 aromatic rings. The van der Waals surface area contributed by atoms with E-state index >= 15 is 0 Å². The van der Waals surface area contributed by atoms with Crippen molar-refractivity contribution < 1.29 is 28.5 Å². The van der Waals surface area contributed by atoms with Gasteiger partial charge in [0.25, 0.3) is 0 Å². The highest BCUT2D eigenvalue weighted by atomic mass is 16.7. The fraction of sp³-hybridized carbons (Fsp3) is 0.667. The topological polar surface area (TPSA) is 71.1 Å². The van der Waals surface area contributed by atoms with Gasteiger partial charge in [0.15, 0.2) is 6.29 Å². The molecular weight excluding hydrogens is 384 g/mol. The fourth-order valence-electron chi connectivity index (χ4n) is 4.78. The Labute approximate surface area is 179 Å². The molecule has 3 rings (SSSR count). The van der Waals surface area contributed by atoms with Crippen LogP contribution in [0.1, 0.15) is 57.9 Å². The third kappa shape index (κ3) is 5.90. The molecule has 1 aliphatic carbocycles. The zero-order chi connectivity index (χ0) is 21.4. The summed E-state index contributed by atoms with van der Waals surface area (Å²) in [5, 5.41) is 0. The minimum absolute atomic E-state index is 0.128. The Morgan fingerprint density at radius 3 is 2.73 bits per heavy atom. The molecule has 30 heavy (non-hydrogen) atoms. The molecule has 5 atom stereocenters. The monoisotopic (exact) mass is 418 g/mol. The highest BCUT2D eigenvalue weighted by molar-refractivity contribution is 5.70. The maximum absolute atomic E-state index is 12.3. The molecule has 1 aromatic carbocycles. The zero-order valence-corrected chi connectivity index (χ0v) is 18.1. The van der Waals surface area contributed by atoms with Gasteiger partial charge in [0.2, 0.25) is 0 Å². The van der Waals surface area contributed by atoms with Gasteiger partial charge < -0.3 is 23.7 Å². The lowest BCUT2D eigenvalue weighted by Crippen LogP contribution is -2.37. The molecule has 2 aliphatic rings. The highest BCUT2D eigenvalue weighted by Crippen LogP contribution is 2.50. The van der Waals surface area contributed by atoms with Crippen LogP contribution in [0.4, 0.5) is 0 Å². The molecule has 166 valence electrons. The van der Waals surface area contributed by atoms with Crippen molar-refractivity contribution in [2.24, 2.45) is 11.3 Å². The summed E-state index contributed by atoms with van der Waals surface area (Å²) in [6, 6.07) is 9.95. The molecule has 0 amide bonds. The van der Waals surface area contributed by atoms with Crippen LogP contribution in [0.5, 0.6) is 0 Å². The van der Waals surface area contributed by atoms with Crippen molar-refractivity contribution in [3.05, 3.63) is 35.9 Å². The van der Waals surface area contributed by atoms with Crippen molar-refractivity contribution in [3.8, 4) is 0 Å². The average Bonchev–Trinajstić information content (AvgIpc) is 2.98. The van der Waals surface area contributed by atoms with Crippen LogP contribution in [0.15, 0.2) is 30.3 Å². The Bertz CT molecular complexity index is 672. The summed E-state index contributed by atoms with van der Waals surface area (Å²) in [5.74, 6) is -0.371. The SMILES string of the molecule is CCOC(=O)C[C@@]1(C)C[C@@H](OC2CCCCO2)[C@@H](OCc2ccccc2)[C@H]1CC=O. The third-order valence-electron chi connectivity index (χ3n) is 6.28. The minimum Gasteiger partial charge on any atom is -0.466 e. The number of esters is 1. The minimum atomic E-state index is -0.437. The van der Waals surface area contributed by atoms with E-state index in [-0.39, 0.29) is 36.8 Å². The van der Waals surface area contributed by atoms with Gasteiger partial charge in [-0.1, -0.05) is 37.3 Å². The van der Waals surface area contributed by atoms with Crippen LogP contribution in [-0.2, 0) is 35.1 Å². The Morgan fingerprint density at radius 2 is 2.07 bits per heavy atom. The van der Waals surface area contributed by atoms with Gasteiger partial charge in [-0.15, -0.1) is 0 Å². The van der Waals surface area contributed by atoms with Crippen LogP contribution in [-0.4, -0.2) is 44.0 Å². The largest absolute Gasteiger partial charge is 0.466 e. The molecule has 1 heterocycles. The van der Waals surface area contributed by atoms with E-state index in [9.17, 15) is 9.59 Å². The summed E-state index contributed by atoms with van der Waals surface area (Å²) in [7, 11) is 0. The van der Waals surface area contributed by atoms with E-state index in [1.165, 1.54) is 0 Å². The molecule has 1 unspecified atom stereocenters. The summed E-state index contributed by atoms with van der Waals surface area (Å²) in [4.78, 5) is 23.9. The van der Waals surface area contributed by atoms with E-state index in [2.05, 4.69) is 0 Å². The fourth-order valence-corrected chi connectivity index (χ4v) is 4.78. The summed E-state index contributed by atoms with van der Waals surface area (Å²) in [5.41, 5.74) is 0.627. The second kappa shape index (κ2) is 11.0. The lowest BCUT2D eigenvalue weighted by atomic mass is 9.75. The lowest BCUT2D eigenvalue weighted by Gasteiger charge is -2.32. The van der Waals surface area contributed by atoms with Crippen molar-refractivity contribution >= 4 is 12.3 Å². The Balaban J connectivity index is 1.78. The van der Waals surface area contributed by atoms with Crippen LogP contribution in [0, 0.1) is 11.3 Å². The predicted octanol–water partition coefficient (Wildman–Crippen LogP) is 4.05. The summed E-state index contributed by atoms with van der Waals surface area (Å²) < 4.78 is 23.7. The molecule has 2 fully saturated rings. The molecule has 0 spiro atoms. The molecule has 1 aliphatic heterocycles. The molecule has 6 nitrogen and oxygen atoms in total. The van der Waals surface area contributed by atoms with Crippen LogP contribution in [0.2, 0.25) is 0 Å². The number of hydrogen-bond acceptors (Lipinski definition) is 6. The van der Waals surface area contributed by atoms with Gasteiger partial charge in [0.05, 0.1) is 31.8 Å². The lowest BCUT2D eigenvalue weighted by molar-refractivity contribution is -0.210. The molecule has 0 aromatic heterocycles. The van der Waals surface area contributed by atoms with Gasteiger partial charge in [-0.25, -0.2) is 0 Å². The number of carbonyl (C=O) groups is 2. The molecule has 0 N–H and O–H groups in total. The summed E-state index contributed by atoms with van der Waals surface area (Å²) in [6.07, 6.45) is 4.31. The number of hydrogen-bond donors (Lipinski definition) is 0. The van der Waals surface area contributed by atoms with Gasteiger partial charge in [-0.3, -0.25) is 4.79 Å². The van der Waals surface area contributed by atoms with E-state index in [0.29, 0.717) is 32.7 Å². The van der Waals surface area contributed by atoms with Gasteiger partial charge in [0.1, 0.15) is 6.29 Å². The quantitative estimate of drug-likeness (QED) is 0.422. The summed E-state index contributed by atoms with van der Waals surface area (Å²) >= 11 is 0. The van der Waals surface area contributed by atoms with Crippen molar-refractivity contribution in [2.45, 2.75) is 77.5 Å². The highest BCUT2D eigenvalue weighted by Gasteiger charge is 2.53. The van der Waals surface area contributed by atoms with Gasteiger partial charge in [0, 0.05) is 18.9 Å². The number of ether oxygens (including phenoxy) is 4. The molecule has 6 heteroatoms. The van der Waals surface area contributed by atoms with Crippen molar-refractivity contribution in [1.29, 1.82) is 0 Å². The molecule has 1 saturated heterocycles. The van der Waals surface area contributed by atoms with E-state index in [1.54, 1.807) is 6.92 Å². The van der Waals surface area contributed by atoms with Crippen LogP contribution >= 0.6 is 0 Å². The average molecular weight is 419 g/mol. The first-order valence-corrected chi connectivity index (χ1v) is 11.1. The van der Waals surface area contributed by atoms with Gasteiger partial charge >= 0.3 is 5.97 Å². The molecule has 1 saturated carbocycles. The number of aldehydes is 1. The predicted molar refractivity (Wildman–Crippen MR) is 112 cm³/mol. The van der Waals surface area contributed by atoms with Gasteiger partial charge in [-0.05, 0) is 43.6 Å². The second-order valence-corrected chi connectivity index (χ2v) is 8.58. The first-order chi connectivity index (χ1) is 14.6. The standard InChI is InChI=1S/C24H34O6/c1-3-27-21(26)16-24(2)15-20(30-22-11-7-8-14-28-22)23(19(24)12-13-25)29-17-18-9-5-4-6-10-18/h4-6,9-10,13,19-20,22-23H,3,7-8,11-12,14-17H2,1-2H3/t19-,20-,22?,23+,24-/m1/s1. The van der Waals surface area contributed by atoms with Crippen LogP contribution in [0.25, 0.3) is 0 Å². The van der Waals surface area contributed by atoms with Crippen LogP contribution < -0.4 is 0 Å². The normalized spacial score (nSPS) is 31.4. The van der Waals surface area contributed by atoms with E-state index in [1.807, 2.05) is 37.3 Å². The number of carbonyl (C=O) groups excluding carboxylic acids is 2. The van der Waals surface area contributed by atoms with Crippen molar-refractivity contribution in [1.82, 2.24) is 0 Å². The van der Waals surface area contributed by atoms with Crippen molar-refractivity contribution in [2.75, 3.05) is 13.2 Å². The Morgan fingerprint density at radius 1 is 1.27 bits per heavy atom. The third-order valence-corrected chi connectivity index (χ3v) is 6.28. The first-order valence-electron chi connectivity index (χ1n) is 11.1.